The number of anilines is 1. The predicted octanol–water partition coefficient (Wildman–Crippen LogP) is 3.86. The fraction of sp³-hybridized carbons (Fsp3) is 0.238. The summed E-state index contributed by atoms with van der Waals surface area (Å²) in [7, 11) is 0. The van der Waals surface area contributed by atoms with E-state index >= 15 is 0 Å². The molecule has 2 N–H and O–H groups in total. The van der Waals surface area contributed by atoms with Crippen LogP contribution in [0.15, 0.2) is 42.7 Å². The van der Waals surface area contributed by atoms with Crippen LogP contribution in [0.2, 0.25) is 0 Å². The van der Waals surface area contributed by atoms with Crippen LogP contribution < -0.4 is 4.90 Å². The number of nitrogens with one attached hydrogen (secondary N) is 1. The highest BCUT2D eigenvalue weighted by atomic mass is 16.4. The van der Waals surface area contributed by atoms with Gasteiger partial charge in [0.05, 0.1) is 34.0 Å². The molecule has 1 fully saturated rings. The van der Waals surface area contributed by atoms with E-state index in [1.54, 1.807) is 24.5 Å². The van der Waals surface area contributed by atoms with E-state index in [0.29, 0.717) is 17.1 Å². The van der Waals surface area contributed by atoms with Gasteiger partial charge in [0.15, 0.2) is 5.82 Å². The monoisotopic (exact) mass is 373 g/mol. The van der Waals surface area contributed by atoms with Crippen molar-refractivity contribution in [3.63, 3.8) is 0 Å². The SMILES string of the molecule is CC1CCCN1c1nc2cc(C(=O)O)ccc2nc1-c1ccc2nc[nH]c2c1. The Bertz CT molecular complexity index is 1220. The van der Waals surface area contributed by atoms with Gasteiger partial charge < -0.3 is 15.0 Å². The number of benzene rings is 2. The van der Waals surface area contributed by atoms with E-state index in [2.05, 4.69) is 21.8 Å². The number of carboxylic acids is 1. The molecular formula is C21H19N5O2. The minimum atomic E-state index is -0.964. The fourth-order valence-electron chi connectivity index (χ4n) is 3.90. The van der Waals surface area contributed by atoms with Crippen molar-refractivity contribution in [1.29, 1.82) is 0 Å². The molecule has 4 aromatic rings. The first-order chi connectivity index (χ1) is 13.6. The lowest BCUT2D eigenvalue weighted by atomic mass is 10.1. The van der Waals surface area contributed by atoms with E-state index < -0.39 is 5.97 Å². The third kappa shape index (κ3) is 2.67. The lowest BCUT2D eigenvalue weighted by molar-refractivity contribution is 0.0697. The minimum absolute atomic E-state index is 0.217. The standard InChI is InChI=1S/C21H19N5O2/c1-12-3-2-8-26(12)20-19(13-4-6-15-17(9-13)23-11-22-15)24-16-7-5-14(21(27)28)10-18(16)25-20/h4-7,9-12H,2-3,8H2,1H3,(H,22,23)(H,27,28). The van der Waals surface area contributed by atoms with Gasteiger partial charge in [-0.05, 0) is 50.1 Å². The molecule has 2 aromatic heterocycles. The fourth-order valence-corrected chi connectivity index (χ4v) is 3.90. The summed E-state index contributed by atoms with van der Waals surface area (Å²) in [6.07, 6.45) is 3.89. The zero-order valence-electron chi connectivity index (χ0n) is 15.4. The summed E-state index contributed by atoms with van der Waals surface area (Å²) in [5, 5.41) is 9.31. The van der Waals surface area contributed by atoms with Gasteiger partial charge in [0, 0.05) is 18.2 Å². The number of carboxylic acid groups (broad SMARTS) is 1. The van der Waals surface area contributed by atoms with Crippen molar-refractivity contribution >= 4 is 33.9 Å². The first kappa shape index (κ1) is 16.7. The van der Waals surface area contributed by atoms with Crippen molar-refractivity contribution in [1.82, 2.24) is 19.9 Å². The Labute approximate surface area is 161 Å². The zero-order valence-corrected chi connectivity index (χ0v) is 15.4. The van der Waals surface area contributed by atoms with Crippen LogP contribution in [0.4, 0.5) is 5.82 Å². The first-order valence-electron chi connectivity index (χ1n) is 9.35. The lowest BCUT2D eigenvalue weighted by Gasteiger charge is -2.25. The normalized spacial score (nSPS) is 16.9. The summed E-state index contributed by atoms with van der Waals surface area (Å²) in [6.45, 7) is 3.10. The van der Waals surface area contributed by atoms with Crippen LogP contribution in [0.25, 0.3) is 33.3 Å². The van der Waals surface area contributed by atoms with E-state index in [4.69, 9.17) is 9.97 Å². The molecule has 0 saturated carbocycles. The average Bonchev–Trinajstić information content (AvgIpc) is 3.34. The number of carbonyl (C=O) groups is 1. The maximum absolute atomic E-state index is 11.4. The Morgan fingerprint density at radius 2 is 2.00 bits per heavy atom. The summed E-state index contributed by atoms with van der Waals surface area (Å²) in [5.41, 5.74) is 5.11. The molecule has 1 atom stereocenters. The molecule has 3 heterocycles. The summed E-state index contributed by atoms with van der Waals surface area (Å²) in [4.78, 5) is 30.8. The average molecular weight is 373 g/mol. The summed E-state index contributed by atoms with van der Waals surface area (Å²) in [5.74, 6) is -0.160. The zero-order chi connectivity index (χ0) is 19.3. The molecule has 2 aromatic carbocycles. The number of hydrogen-bond donors (Lipinski definition) is 2. The molecule has 28 heavy (non-hydrogen) atoms. The quantitative estimate of drug-likeness (QED) is 0.566. The molecular weight excluding hydrogens is 354 g/mol. The van der Waals surface area contributed by atoms with Crippen molar-refractivity contribution < 1.29 is 9.90 Å². The van der Waals surface area contributed by atoms with Gasteiger partial charge in [0.1, 0.15) is 5.69 Å². The Morgan fingerprint density at radius 3 is 2.79 bits per heavy atom. The maximum atomic E-state index is 11.4. The maximum Gasteiger partial charge on any atom is 0.335 e. The smallest absolute Gasteiger partial charge is 0.335 e. The highest BCUT2D eigenvalue weighted by Gasteiger charge is 2.26. The molecule has 5 rings (SSSR count). The first-order valence-corrected chi connectivity index (χ1v) is 9.35. The van der Waals surface area contributed by atoms with Crippen LogP contribution >= 0.6 is 0 Å². The van der Waals surface area contributed by atoms with E-state index in [1.165, 1.54) is 0 Å². The predicted molar refractivity (Wildman–Crippen MR) is 108 cm³/mol. The molecule has 0 aliphatic carbocycles. The van der Waals surface area contributed by atoms with Crippen LogP contribution in [0, 0.1) is 0 Å². The second-order valence-corrected chi connectivity index (χ2v) is 7.22. The van der Waals surface area contributed by atoms with E-state index in [1.807, 2.05) is 18.2 Å². The Hall–Kier alpha value is -3.48. The number of aromatic amines is 1. The molecule has 1 aliphatic rings. The van der Waals surface area contributed by atoms with Crippen molar-refractivity contribution in [2.45, 2.75) is 25.8 Å². The van der Waals surface area contributed by atoms with Crippen LogP contribution in [-0.4, -0.2) is 43.6 Å². The number of H-pyrrole nitrogens is 1. The molecule has 140 valence electrons. The van der Waals surface area contributed by atoms with Gasteiger partial charge in [-0.2, -0.15) is 0 Å². The Kier molecular flexibility index (Phi) is 3.75. The van der Waals surface area contributed by atoms with E-state index in [-0.39, 0.29) is 5.56 Å². The summed E-state index contributed by atoms with van der Waals surface area (Å²) >= 11 is 0. The third-order valence-corrected chi connectivity index (χ3v) is 5.41. The van der Waals surface area contributed by atoms with Gasteiger partial charge >= 0.3 is 5.97 Å². The number of nitrogens with zero attached hydrogens (tertiary/aromatic N) is 4. The number of imidazole rings is 1. The molecule has 1 unspecified atom stereocenters. The molecule has 7 heteroatoms. The van der Waals surface area contributed by atoms with Gasteiger partial charge in [0.25, 0.3) is 0 Å². The van der Waals surface area contributed by atoms with Crippen LogP contribution in [0.5, 0.6) is 0 Å². The molecule has 0 radical (unpaired) electrons. The second-order valence-electron chi connectivity index (χ2n) is 7.22. The topological polar surface area (TPSA) is 95.0 Å². The second kappa shape index (κ2) is 6.30. The van der Waals surface area contributed by atoms with Crippen LogP contribution in [0.1, 0.15) is 30.1 Å². The van der Waals surface area contributed by atoms with Gasteiger partial charge in [0.2, 0.25) is 0 Å². The van der Waals surface area contributed by atoms with Gasteiger partial charge in [-0.1, -0.05) is 6.07 Å². The third-order valence-electron chi connectivity index (χ3n) is 5.41. The van der Waals surface area contributed by atoms with Crippen molar-refractivity contribution in [2.75, 3.05) is 11.4 Å². The lowest BCUT2D eigenvalue weighted by Crippen LogP contribution is -2.28. The molecule has 0 spiro atoms. The molecule has 0 amide bonds. The highest BCUT2D eigenvalue weighted by Crippen LogP contribution is 2.34. The highest BCUT2D eigenvalue weighted by molar-refractivity contribution is 5.94. The van der Waals surface area contributed by atoms with Gasteiger partial charge in [-0.25, -0.2) is 19.7 Å². The molecule has 1 aliphatic heterocycles. The Morgan fingerprint density at radius 1 is 1.14 bits per heavy atom. The number of aromatic carboxylic acids is 1. The van der Waals surface area contributed by atoms with Gasteiger partial charge in [-0.15, -0.1) is 0 Å². The Balaban J connectivity index is 1.75. The van der Waals surface area contributed by atoms with Crippen LogP contribution in [-0.2, 0) is 0 Å². The van der Waals surface area contributed by atoms with Gasteiger partial charge in [-0.3, -0.25) is 0 Å². The number of hydrogen-bond acceptors (Lipinski definition) is 5. The molecule has 7 nitrogen and oxygen atoms in total. The van der Waals surface area contributed by atoms with Crippen LogP contribution in [0.3, 0.4) is 0 Å². The van der Waals surface area contributed by atoms with Crippen molar-refractivity contribution in [3.8, 4) is 11.3 Å². The summed E-state index contributed by atoms with van der Waals surface area (Å²) < 4.78 is 0. The van der Waals surface area contributed by atoms with Crippen molar-refractivity contribution in [2.24, 2.45) is 0 Å². The van der Waals surface area contributed by atoms with E-state index in [9.17, 15) is 9.90 Å². The number of fused-ring (bicyclic) bond motifs is 2. The van der Waals surface area contributed by atoms with E-state index in [0.717, 1.165) is 47.5 Å². The molecule has 0 bridgehead atoms. The largest absolute Gasteiger partial charge is 0.478 e. The minimum Gasteiger partial charge on any atom is -0.478 e. The number of rotatable bonds is 3. The summed E-state index contributed by atoms with van der Waals surface area (Å²) in [6, 6.07) is 11.3. The molecule has 1 saturated heterocycles. The number of aromatic nitrogens is 4. The van der Waals surface area contributed by atoms with Crippen molar-refractivity contribution in [3.05, 3.63) is 48.3 Å².